The fourth-order valence-corrected chi connectivity index (χ4v) is 1.39. The largest absolute Gasteiger partial charge is 0.383 e. The van der Waals surface area contributed by atoms with Crippen LogP contribution in [0.2, 0.25) is 0 Å². The number of hydrogen-bond acceptors (Lipinski definition) is 4. The zero-order valence-corrected chi connectivity index (χ0v) is 9.34. The van der Waals surface area contributed by atoms with Gasteiger partial charge >= 0.3 is 0 Å². The third-order valence-electron chi connectivity index (χ3n) is 2.37. The highest BCUT2D eigenvalue weighted by Gasteiger charge is 2.10. The molecule has 2 aromatic rings. The van der Waals surface area contributed by atoms with Crippen molar-refractivity contribution in [3.8, 4) is 0 Å². The molecule has 0 spiro atoms. The van der Waals surface area contributed by atoms with Gasteiger partial charge in [0.25, 0.3) is 5.91 Å². The summed E-state index contributed by atoms with van der Waals surface area (Å²) in [6.45, 7) is 1.89. The zero-order chi connectivity index (χ0) is 12.3. The molecule has 0 atom stereocenters. The number of aryl methyl sites for hydroxylation is 1. The van der Waals surface area contributed by atoms with E-state index < -0.39 is 0 Å². The van der Waals surface area contributed by atoms with Gasteiger partial charge in [-0.15, -0.1) is 0 Å². The summed E-state index contributed by atoms with van der Waals surface area (Å²) in [6, 6.07) is 5.12. The summed E-state index contributed by atoms with van der Waals surface area (Å²) in [5.41, 5.74) is 7.59. The molecule has 0 bridgehead atoms. The van der Waals surface area contributed by atoms with Crippen LogP contribution < -0.4 is 11.1 Å². The molecule has 0 fully saturated rings. The number of rotatable bonds is 2. The summed E-state index contributed by atoms with van der Waals surface area (Å²) in [5.74, 6) is -0.0711. The van der Waals surface area contributed by atoms with Gasteiger partial charge in [-0.2, -0.15) is 0 Å². The average Bonchev–Trinajstić information content (AvgIpc) is 2.32. The van der Waals surface area contributed by atoms with Crippen LogP contribution in [0.3, 0.4) is 0 Å². The van der Waals surface area contributed by atoms with Gasteiger partial charge in [-0.05, 0) is 30.7 Å². The van der Waals surface area contributed by atoms with E-state index in [-0.39, 0.29) is 11.7 Å². The highest BCUT2D eigenvalue weighted by atomic mass is 16.1. The van der Waals surface area contributed by atoms with Crippen molar-refractivity contribution in [1.82, 2.24) is 9.97 Å². The first kappa shape index (κ1) is 11.1. The lowest BCUT2D eigenvalue weighted by molar-refractivity contribution is 0.102. The first-order chi connectivity index (χ1) is 8.18. The van der Waals surface area contributed by atoms with Crippen molar-refractivity contribution in [2.45, 2.75) is 6.92 Å². The van der Waals surface area contributed by atoms with Crippen molar-refractivity contribution in [3.63, 3.8) is 0 Å². The van der Waals surface area contributed by atoms with E-state index in [0.717, 1.165) is 5.56 Å². The van der Waals surface area contributed by atoms with Gasteiger partial charge in [0.1, 0.15) is 5.82 Å². The molecule has 0 aliphatic rings. The number of aromatic nitrogens is 2. The second-order valence-corrected chi connectivity index (χ2v) is 3.58. The average molecular weight is 228 g/mol. The Balaban J connectivity index is 2.24. The van der Waals surface area contributed by atoms with E-state index in [1.807, 2.05) is 13.0 Å². The molecule has 0 saturated heterocycles. The maximum Gasteiger partial charge on any atom is 0.259 e. The summed E-state index contributed by atoms with van der Waals surface area (Å²) >= 11 is 0. The quantitative estimate of drug-likeness (QED) is 0.818. The van der Waals surface area contributed by atoms with E-state index >= 15 is 0 Å². The minimum Gasteiger partial charge on any atom is -0.383 e. The summed E-state index contributed by atoms with van der Waals surface area (Å²) in [4.78, 5) is 19.7. The number of nitrogens with two attached hydrogens (primary N) is 1. The van der Waals surface area contributed by atoms with Crippen LogP contribution in [0.25, 0.3) is 0 Å². The molecular formula is C12H12N4O. The van der Waals surface area contributed by atoms with E-state index in [9.17, 15) is 4.79 Å². The van der Waals surface area contributed by atoms with Crippen LogP contribution in [0.15, 0.2) is 36.8 Å². The molecule has 0 aliphatic heterocycles. The highest BCUT2D eigenvalue weighted by Crippen LogP contribution is 2.14. The number of anilines is 2. The first-order valence-electron chi connectivity index (χ1n) is 5.11. The minimum atomic E-state index is -0.285. The standard InChI is InChI=1S/C12H12N4O/c1-8-4-6-14-7-10(8)16-12(17)9-3-2-5-15-11(9)13/h2-7H,1H3,(H2,13,15)(H,16,17). The van der Waals surface area contributed by atoms with E-state index in [1.54, 1.807) is 30.7 Å². The second-order valence-electron chi connectivity index (χ2n) is 3.58. The number of carbonyl (C=O) groups is 1. The number of nitrogen functional groups attached to an aromatic ring is 1. The summed E-state index contributed by atoms with van der Waals surface area (Å²) in [6.07, 6.45) is 4.81. The third-order valence-corrected chi connectivity index (χ3v) is 2.37. The Kier molecular flexibility index (Phi) is 3.00. The van der Waals surface area contributed by atoms with Crippen LogP contribution in [0.5, 0.6) is 0 Å². The zero-order valence-electron chi connectivity index (χ0n) is 9.34. The van der Waals surface area contributed by atoms with Crippen molar-refractivity contribution in [2.75, 3.05) is 11.1 Å². The van der Waals surface area contributed by atoms with E-state index in [1.165, 1.54) is 0 Å². The number of hydrogen-bond donors (Lipinski definition) is 2. The molecule has 86 valence electrons. The van der Waals surface area contributed by atoms with Crippen LogP contribution >= 0.6 is 0 Å². The molecule has 0 saturated carbocycles. The van der Waals surface area contributed by atoms with Gasteiger partial charge in [-0.3, -0.25) is 9.78 Å². The number of nitrogens with one attached hydrogen (secondary N) is 1. The molecular weight excluding hydrogens is 216 g/mol. The molecule has 5 heteroatoms. The van der Waals surface area contributed by atoms with Crippen molar-refractivity contribution in [2.24, 2.45) is 0 Å². The SMILES string of the molecule is Cc1ccncc1NC(=O)c1cccnc1N. The van der Waals surface area contributed by atoms with Crippen LogP contribution in [0.4, 0.5) is 11.5 Å². The van der Waals surface area contributed by atoms with Gasteiger partial charge in [-0.1, -0.05) is 0 Å². The molecule has 2 heterocycles. The number of amides is 1. The Labute approximate surface area is 98.7 Å². The number of pyridine rings is 2. The topological polar surface area (TPSA) is 80.9 Å². The molecule has 0 unspecified atom stereocenters. The van der Waals surface area contributed by atoms with E-state index in [0.29, 0.717) is 11.3 Å². The Morgan fingerprint density at radius 1 is 1.35 bits per heavy atom. The normalized spacial score (nSPS) is 9.94. The Morgan fingerprint density at radius 3 is 2.88 bits per heavy atom. The molecule has 1 amide bonds. The molecule has 0 radical (unpaired) electrons. The van der Waals surface area contributed by atoms with Gasteiger partial charge < -0.3 is 11.1 Å². The lowest BCUT2D eigenvalue weighted by Gasteiger charge is -2.08. The van der Waals surface area contributed by atoms with Crippen LogP contribution in [-0.2, 0) is 0 Å². The minimum absolute atomic E-state index is 0.214. The molecule has 2 aromatic heterocycles. The van der Waals surface area contributed by atoms with Crippen LogP contribution in [-0.4, -0.2) is 15.9 Å². The van der Waals surface area contributed by atoms with Crippen molar-refractivity contribution in [3.05, 3.63) is 47.9 Å². The van der Waals surface area contributed by atoms with Crippen LogP contribution in [0.1, 0.15) is 15.9 Å². The lowest BCUT2D eigenvalue weighted by atomic mass is 10.2. The monoisotopic (exact) mass is 228 g/mol. The Bertz CT molecular complexity index is 554. The van der Waals surface area contributed by atoms with Gasteiger partial charge in [0.15, 0.2) is 0 Å². The van der Waals surface area contributed by atoms with Crippen molar-refractivity contribution in [1.29, 1.82) is 0 Å². The smallest absolute Gasteiger partial charge is 0.259 e. The lowest BCUT2D eigenvalue weighted by Crippen LogP contribution is -2.15. The number of nitrogens with zero attached hydrogens (tertiary/aromatic N) is 2. The molecule has 5 nitrogen and oxygen atoms in total. The number of carbonyl (C=O) groups excluding carboxylic acids is 1. The molecule has 0 aromatic carbocycles. The summed E-state index contributed by atoms with van der Waals surface area (Å²) in [7, 11) is 0. The van der Waals surface area contributed by atoms with Gasteiger partial charge in [0, 0.05) is 12.4 Å². The van der Waals surface area contributed by atoms with E-state index in [4.69, 9.17) is 5.73 Å². The first-order valence-corrected chi connectivity index (χ1v) is 5.11. The highest BCUT2D eigenvalue weighted by molar-refractivity contribution is 6.07. The predicted octanol–water partition coefficient (Wildman–Crippen LogP) is 1.62. The summed E-state index contributed by atoms with van der Waals surface area (Å²) in [5, 5.41) is 2.75. The predicted molar refractivity (Wildman–Crippen MR) is 65.6 cm³/mol. The van der Waals surface area contributed by atoms with Crippen molar-refractivity contribution >= 4 is 17.4 Å². The molecule has 17 heavy (non-hydrogen) atoms. The van der Waals surface area contributed by atoms with Gasteiger partial charge in [-0.25, -0.2) is 4.98 Å². The second kappa shape index (κ2) is 4.61. The maximum absolute atomic E-state index is 11.9. The fraction of sp³-hybridized carbons (Fsp3) is 0.0833. The van der Waals surface area contributed by atoms with Gasteiger partial charge in [0.2, 0.25) is 0 Å². The summed E-state index contributed by atoms with van der Waals surface area (Å²) < 4.78 is 0. The Hall–Kier alpha value is -2.43. The molecule has 2 rings (SSSR count). The third kappa shape index (κ3) is 2.39. The fourth-order valence-electron chi connectivity index (χ4n) is 1.39. The Morgan fingerprint density at radius 2 is 2.18 bits per heavy atom. The van der Waals surface area contributed by atoms with Crippen molar-refractivity contribution < 1.29 is 4.79 Å². The van der Waals surface area contributed by atoms with Gasteiger partial charge in [0.05, 0.1) is 17.4 Å². The van der Waals surface area contributed by atoms with E-state index in [2.05, 4.69) is 15.3 Å². The van der Waals surface area contributed by atoms with Crippen LogP contribution in [0, 0.1) is 6.92 Å². The molecule has 3 N–H and O–H groups in total. The molecule has 0 aliphatic carbocycles. The maximum atomic E-state index is 11.9.